The highest BCUT2D eigenvalue weighted by molar-refractivity contribution is 6.06. The zero-order valence-corrected chi connectivity index (χ0v) is 15.8. The summed E-state index contributed by atoms with van der Waals surface area (Å²) in [5.74, 6) is -0.0519. The van der Waals surface area contributed by atoms with Gasteiger partial charge in [-0.05, 0) is 31.5 Å². The van der Waals surface area contributed by atoms with Crippen LogP contribution in [0.25, 0.3) is 10.9 Å². The fourth-order valence-corrected chi connectivity index (χ4v) is 3.93. The molecule has 4 rings (SSSR count). The molecule has 0 saturated carbocycles. The van der Waals surface area contributed by atoms with Gasteiger partial charge in [0.1, 0.15) is 0 Å². The van der Waals surface area contributed by atoms with Crippen molar-refractivity contribution in [2.75, 3.05) is 19.6 Å². The SMILES string of the molecule is O=C(NCC1CCCCN1CCn1ncccc1=O)c1c[nH]c2ccccc12. The normalized spacial score (nSPS) is 17.6. The molecule has 0 radical (unpaired) electrons. The fourth-order valence-electron chi connectivity index (χ4n) is 3.93. The molecule has 1 amide bonds. The monoisotopic (exact) mass is 379 g/mol. The van der Waals surface area contributed by atoms with E-state index in [0.29, 0.717) is 18.7 Å². The maximum absolute atomic E-state index is 12.7. The van der Waals surface area contributed by atoms with Gasteiger partial charge in [0.2, 0.25) is 0 Å². The average Bonchev–Trinajstić information content (AvgIpc) is 3.16. The Hall–Kier alpha value is -2.93. The van der Waals surface area contributed by atoms with E-state index in [-0.39, 0.29) is 17.5 Å². The molecule has 28 heavy (non-hydrogen) atoms. The number of rotatable bonds is 6. The van der Waals surface area contributed by atoms with Crippen molar-refractivity contribution in [2.45, 2.75) is 31.8 Å². The van der Waals surface area contributed by atoms with Gasteiger partial charge in [0.05, 0.1) is 12.1 Å². The molecule has 0 bridgehead atoms. The summed E-state index contributed by atoms with van der Waals surface area (Å²) >= 11 is 0. The lowest BCUT2D eigenvalue weighted by Crippen LogP contribution is -2.48. The molecule has 146 valence electrons. The van der Waals surface area contributed by atoms with Crippen molar-refractivity contribution in [3.05, 3.63) is 64.7 Å². The summed E-state index contributed by atoms with van der Waals surface area (Å²) in [6, 6.07) is 11.3. The van der Waals surface area contributed by atoms with E-state index in [1.807, 2.05) is 24.3 Å². The van der Waals surface area contributed by atoms with E-state index in [0.717, 1.165) is 43.3 Å². The van der Waals surface area contributed by atoms with Crippen molar-refractivity contribution in [1.29, 1.82) is 0 Å². The first-order valence-corrected chi connectivity index (χ1v) is 9.83. The second-order valence-electron chi connectivity index (χ2n) is 7.23. The second kappa shape index (κ2) is 8.39. The van der Waals surface area contributed by atoms with Crippen LogP contribution < -0.4 is 10.9 Å². The number of aromatic amines is 1. The largest absolute Gasteiger partial charge is 0.360 e. The summed E-state index contributed by atoms with van der Waals surface area (Å²) in [6.07, 6.45) is 6.76. The van der Waals surface area contributed by atoms with Crippen LogP contribution in [0.2, 0.25) is 0 Å². The number of piperidine rings is 1. The first-order chi connectivity index (χ1) is 13.7. The van der Waals surface area contributed by atoms with E-state index in [1.165, 1.54) is 10.7 Å². The van der Waals surface area contributed by atoms with Gasteiger partial charge in [0.25, 0.3) is 11.5 Å². The van der Waals surface area contributed by atoms with Gasteiger partial charge in [-0.2, -0.15) is 5.10 Å². The minimum atomic E-state index is -0.0799. The molecule has 1 aliphatic heterocycles. The number of hydrogen-bond donors (Lipinski definition) is 2. The molecule has 2 N–H and O–H groups in total. The Labute approximate surface area is 163 Å². The van der Waals surface area contributed by atoms with E-state index in [4.69, 9.17) is 0 Å². The smallest absolute Gasteiger partial charge is 0.266 e. The number of carbonyl (C=O) groups excluding carboxylic acids is 1. The van der Waals surface area contributed by atoms with Crippen molar-refractivity contribution in [2.24, 2.45) is 0 Å². The molecular weight excluding hydrogens is 354 g/mol. The Kier molecular flexibility index (Phi) is 5.53. The number of para-hydroxylation sites is 1. The number of benzene rings is 1. The molecule has 1 aromatic carbocycles. The van der Waals surface area contributed by atoms with Gasteiger partial charge in [-0.15, -0.1) is 0 Å². The zero-order chi connectivity index (χ0) is 19.3. The number of fused-ring (bicyclic) bond motifs is 1. The predicted octanol–water partition coefficient (Wildman–Crippen LogP) is 2.01. The van der Waals surface area contributed by atoms with Gasteiger partial charge >= 0.3 is 0 Å². The summed E-state index contributed by atoms with van der Waals surface area (Å²) in [7, 11) is 0. The Morgan fingerprint density at radius 2 is 2.07 bits per heavy atom. The third kappa shape index (κ3) is 3.99. The molecule has 7 nitrogen and oxygen atoms in total. The zero-order valence-electron chi connectivity index (χ0n) is 15.8. The minimum Gasteiger partial charge on any atom is -0.360 e. The number of amides is 1. The standard InChI is InChI=1S/C21H25N5O2/c27-20-9-5-10-24-26(20)13-12-25-11-4-3-6-16(25)14-23-21(28)18-15-22-19-8-2-1-7-17(18)19/h1-2,5,7-10,15-16,22H,3-4,6,11-14H2,(H,23,28). The number of aromatic nitrogens is 3. The average molecular weight is 379 g/mol. The lowest BCUT2D eigenvalue weighted by Gasteiger charge is -2.35. The molecule has 1 aliphatic rings. The number of H-pyrrole nitrogens is 1. The Morgan fingerprint density at radius 1 is 1.18 bits per heavy atom. The predicted molar refractivity (Wildman–Crippen MR) is 108 cm³/mol. The summed E-state index contributed by atoms with van der Waals surface area (Å²) in [5.41, 5.74) is 1.56. The van der Waals surface area contributed by atoms with Crippen molar-refractivity contribution in [3.63, 3.8) is 0 Å². The van der Waals surface area contributed by atoms with Crippen LogP contribution in [0, 0.1) is 0 Å². The molecule has 0 spiro atoms. The molecular formula is C21H25N5O2. The first-order valence-electron chi connectivity index (χ1n) is 9.83. The van der Waals surface area contributed by atoms with Crippen LogP contribution in [-0.4, -0.2) is 51.2 Å². The number of carbonyl (C=O) groups is 1. The lowest BCUT2D eigenvalue weighted by molar-refractivity contribution is 0.0911. The van der Waals surface area contributed by atoms with E-state index in [2.05, 4.69) is 20.3 Å². The van der Waals surface area contributed by atoms with Gasteiger partial charge in [-0.25, -0.2) is 4.68 Å². The minimum absolute atomic E-state index is 0.0519. The molecule has 3 heterocycles. The third-order valence-corrected chi connectivity index (χ3v) is 5.47. The lowest BCUT2D eigenvalue weighted by atomic mass is 10.0. The Bertz CT molecular complexity index is 1010. The first kappa shape index (κ1) is 18.4. The van der Waals surface area contributed by atoms with Crippen LogP contribution in [-0.2, 0) is 6.54 Å². The van der Waals surface area contributed by atoms with E-state index in [9.17, 15) is 9.59 Å². The summed E-state index contributed by atoms with van der Waals surface area (Å²) in [4.78, 5) is 30.0. The van der Waals surface area contributed by atoms with Gasteiger partial charge in [0.15, 0.2) is 0 Å². The van der Waals surface area contributed by atoms with Crippen molar-refractivity contribution in [1.82, 2.24) is 25.0 Å². The molecule has 1 saturated heterocycles. The van der Waals surface area contributed by atoms with Gasteiger partial charge in [-0.1, -0.05) is 24.6 Å². The molecule has 7 heteroatoms. The molecule has 3 aromatic rings. The van der Waals surface area contributed by atoms with E-state index < -0.39 is 0 Å². The molecule has 1 fully saturated rings. The maximum atomic E-state index is 12.7. The molecule has 1 atom stereocenters. The molecule has 0 aliphatic carbocycles. The Balaban J connectivity index is 1.37. The molecule has 2 aromatic heterocycles. The summed E-state index contributed by atoms with van der Waals surface area (Å²) in [6.45, 7) is 2.90. The van der Waals surface area contributed by atoms with Crippen molar-refractivity contribution >= 4 is 16.8 Å². The number of nitrogens with zero attached hydrogens (tertiary/aromatic N) is 3. The van der Waals surface area contributed by atoms with Crippen LogP contribution in [0.4, 0.5) is 0 Å². The van der Waals surface area contributed by atoms with Gasteiger partial charge in [-0.3, -0.25) is 14.5 Å². The van der Waals surface area contributed by atoms with E-state index >= 15 is 0 Å². The van der Waals surface area contributed by atoms with E-state index in [1.54, 1.807) is 18.5 Å². The van der Waals surface area contributed by atoms with Gasteiger partial charge < -0.3 is 10.3 Å². The quantitative estimate of drug-likeness (QED) is 0.686. The second-order valence-corrected chi connectivity index (χ2v) is 7.23. The summed E-state index contributed by atoms with van der Waals surface area (Å²) < 4.78 is 1.50. The fraction of sp³-hybridized carbons (Fsp3) is 0.381. The van der Waals surface area contributed by atoms with Gasteiger partial charge in [0, 0.05) is 48.5 Å². The number of nitrogens with one attached hydrogen (secondary N) is 2. The van der Waals surface area contributed by atoms with Crippen molar-refractivity contribution in [3.8, 4) is 0 Å². The molecule has 1 unspecified atom stereocenters. The highest BCUT2D eigenvalue weighted by Gasteiger charge is 2.23. The number of likely N-dealkylation sites (tertiary alicyclic amines) is 1. The van der Waals surface area contributed by atoms with Crippen LogP contribution in [0.15, 0.2) is 53.6 Å². The summed E-state index contributed by atoms with van der Waals surface area (Å²) in [5, 5.41) is 8.17. The van der Waals surface area contributed by atoms with Crippen LogP contribution in [0.1, 0.15) is 29.6 Å². The van der Waals surface area contributed by atoms with Crippen LogP contribution in [0.5, 0.6) is 0 Å². The topological polar surface area (TPSA) is 83.0 Å². The maximum Gasteiger partial charge on any atom is 0.266 e. The van der Waals surface area contributed by atoms with Crippen LogP contribution >= 0.6 is 0 Å². The highest BCUT2D eigenvalue weighted by atomic mass is 16.1. The highest BCUT2D eigenvalue weighted by Crippen LogP contribution is 2.19. The Morgan fingerprint density at radius 3 is 2.96 bits per heavy atom. The van der Waals surface area contributed by atoms with Crippen molar-refractivity contribution < 1.29 is 4.79 Å². The van der Waals surface area contributed by atoms with Crippen LogP contribution in [0.3, 0.4) is 0 Å². The number of hydrogen-bond acceptors (Lipinski definition) is 4. The third-order valence-electron chi connectivity index (χ3n) is 5.47.